The number of rotatable bonds is 3. The lowest BCUT2D eigenvalue weighted by Gasteiger charge is -2.27. The van der Waals surface area contributed by atoms with Crippen LogP contribution in [0.1, 0.15) is 19.3 Å². The van der Waals surface area contributed by atoms with Gasteiger partial charge in [-0.1, -0.05) is 0 Å². The van der Waals surface area contributed by atoms with Crippen LogP contribution in [-0.2, 0) is 19.6 Å². The van der Waals surface area contributed by atoms with E-state index in [0.717, 1.165) is 26.1 Å². The van der Waals surface area contributed by atoms with Gasteiger partial charge in [0.05, 0.1) is 0 Å². The fourth-order valence-corrected chi connectivity index (χ4v) is 3.14. The van der Waals surface area contributed by atoms with Gasteiger partial charge in [0, 0.05) is 32.7 Å². The van der Waals surface area contributed by atoms with Crippen LogP contribution < -0.4 is 5.14 Å². The van der Waals surface area contributed by atoms with Crippen molar-refractivity contribution < 1.29 is 17.9 Å². The minimum atomic E-state index is -3.60. The summed E-state index contributed by atoms with van der Waals surface area (Å²) in [6.07, 6.45) is 1.90. The zero-order chi connectivity index (χ0) is 12.5. The molecule has 0 saturated carbocycles. The highest BCUT2D eigenvalue weighted by Crippen LogP contribution is 2.22. The van der Waals surface area contributed by atoms with Crippen LogP contribution in [0.3, 0.4) is 0 Å². The summed E-state index contributed by atoms with van der Waals surface area (Å²) in [5.74, 6) is 0.322. The first kappa shape index (κ1) is 12.8. The van der Waals surface area contributed by atoms with Crippen molar-refractivity contribution in [3.05, 3.63) is 0 Å². The number of hydrogen-bond acceptors (Lipinski definition) is 4. The van der Waals surface area contributed by atoms with Crippen molar-refractivity contribution in [1.29, 1.82) is 0 Å². The molecule has 0 radical (unpaired) electrons. The smallest absolute Gasteiger partial charge is 0.224 e. The van der Waals surface area contributed by atoms with Crippen LogP contribution in [0.15, 0.2) is 0 Å². The van der Waals surface area contributed by atoms with Crippen LogP contribution in [-0.4, -0.2) is 50.8 Å². The molecule has 0 bridgehead atoms. The van der Waals surface area contributed by atoms with Crippen molar-refractivity contribution in [2.75, 3.05) is 26.3 Å². The minimum absolute atomic E-state index is 0.0298. The summed E-state index contributed by atoms with van der Waals surface area (Å²) in [5.41, 5.74) is 0. The number of amides is 1. The molecule has 2 N–H and O–H groups in total. The number of nitrogens with zero attached hydrogens (tertiary/aromatic N) is 1. The van der Waals surface area contributed by atoms with Crippen LogP contribution in [0.4, 0.5) is 0 Å². The zero-order valence-corrected chi connectivity index (χ0v) is 10.5. The van der Waals surface area contributed by atoms with Gasteiger partial charge in [-0.25, -0.2) is 13.6 Å². The average Bonchev–Trinajstić information content (AvgIpc) is 2.62. The molecule has 98 valence electrons. The van der Waals surface area contributed by atoms with Crippen molar-refractivity contribution in [2.24, 2.45) is 11.1 Å². The first-order valence-corrected chi connectivity index (χ1v) is 7.45. The van der Waals surface area contributed by atoms with Crippen LogP contribution in [0, 0.1) is 5.92 Å². The number of likely N-dealkylation sites (tertiary alicyclic amines) is 1. The third-order valence-electron chi connectivity index (χ3n) is 3.46. The molecule has 2 aliphatic heterocycles. The summed E-state index contributed by atoms with van der Waals surface area (Å²) in [6.45, 7) is 2.33. The summed E-state index contributed by atoms with van der Waals surface area (Å²) in [5, 5.41) is 4.34. The van der Waals surface area contributed by atoms with Crippen molar-refractivity contribution in [3.8, 4) is 0 Å². The van der Waals surface area contributed by atoms with Crippen molar-refractivity contribution in [1.82, 2.24) is 4.90 Å². The maximum absolute atomic E-state index is 11.7. The number of carbonyl (C=O) groups is 1. The second-order valence-corrected chi connectivity index (χ2v) is 6.61. The van der Waals surface area contributed by atoms with E-state index in [1.54, 1.807) is 4.90 Å². The average molecular weight is 262 g/mol. The maximum atomic E-state index is 11.7. The van der Waals surface area contributed by atoms with Gasteiger partial charge in [-0.05, 0) is 18.8 Å². The summed E-state index contributed by atoms with van der Waals surface area (Å²) in [6, 6.07) is 0. The lowest BCUT2D eigenvalue weighted by atomic mass is 10.00. The fourth-order valence-electron chi connectivity index (χ4n) is 2.37. The molecule has 1 atom stereocenters. The van der Waals surface area contributed by atoms with Crippen molar-refractivity contribution in [2.45, 2.75) is 24.5 Å². The van der Waals surface area contributed by atoms with Gasteiger partial charge in [-0.3, -0.25) is 4.79 Å². The number of primary sulfonamides is 1. The molecule has 1 amide bonds. The van der Waals surface area contributed by atoms with Gasteiger partial charge >= 0.3 is 0 Å². The SMILES string of the molecule is NS(=O)(=O)C1CC(=O)N(CC2CCOCC2)C1. The molecule has 2 heterocycles. The predicted octanol–water partition coefficient (Wildman–Crippen LogP) is -0.698. The van der Waals surface area contributed by atoms with Gasteiger partial charge in [-0.2, -0.15) is 0 Å². The Morgan fingerprint density at radius 2 is 2.00 bits per heavy atom. The fraction of sp³-hybridized carbons (Fsp3) is 0.900. The largest absolute Gasteiger partial charge is 0.381 e. The van der Waals surface area contributed by atoms with Crippen LogP contribution in [0.25, 0.3) is 0 Å². The third-order valence-corrected chi connectivity index (χ3v) is 4.71. The molecule has 2 aliphatic rings. The van der Waals surface area contributed by atoms with Crippen molar-refractivity contribution >= 4 is 15.9 Å². The van der Waals surface area contributed by atoms with E-state index in [4.69, 9.17) is 9.88 Å². The topological polar surface area (TPSA) is 89.7 Å². The molecule has 2 fully saturated rings. The Morgan fingerprint density at radius 3 is 2.53 bits per heavy atom. The van der Waals surface area contributed by atoms with E-state index in [0.29, 0.717) is 12.5 Å². The van der Waals surface area contributed by atoms with E-state index in [1.165, 1.54) is 0 Å². The maximum Gasteiger partial charge on any atom is 0.224 e. The zero-order valence-electron chi connectivity index (χ0n) is 9.67. The Labute approximate surface area is 101 Å². The van der Waals surface area contributed by atoms with Crippen LogP contribution in [0.2, 0.25) is 0 Å². The highest BCUT2D eigenvalue weighted by atomic mass is 32.2. The summed E-state index contributed by atoms with van der Waals surface area (Å²) < 4.78 is 27.6. The molecule has 7 heteroatoms. The molecule has 0 aromatic heterocycles. The minimum Gasteiger partial charge on any atom is -0.381 e. The normalized spacial score (nSPS) is 27.7. The molecule has 17 heavy (non-hydrogen) atoms. The molecule has 1 unspecified atom stereocenters. The van der Waals surface area contributed by atoms with Gasteiger partial charge in [-0.15, -0.1) is 0 Å². The van der Waals surface area contributed by atoms with Gasteiger partial charge < -0.3 is 9.64 Å². The second-order valence-electron chi connectivity index (χ2n) is 4.77. The number of ether oxygens (including phenoxy) is 1. The lowest BCUT2D eigenvalue weighted by Crippen LogP contribution is -2.36. The quantitative estimate of drug-likeness (QED) is 0.728. The Balaban J connectivity index is 1.92. The molecule has 2 saturated heterocycles. The van der Waals surface area contributed by atoms with Gasteiger partial charge in [0.15, 0.2) is 0 Å². The first-order valence-electron chi connectivity index (χ1n) is 5.84. The highest BCUT2D eigenvalue weighted by Gasteiger charge is 2.37. The number of nitrogens with two attached hydrogens (primary N) is 1. The van der Waals surface area contributed by atoms with E-state index in [-0.39, 0.29) is 18.9 Å². The van der Waals surface area contributed by atoms with Crippen LogP contribution in [0.5, 0.6) is 0 Å². The van der Waals surface area contributed by atoms with Crippen molar-refractivity contribution in [3.63, 3.8) is 0 Å². The monoisotopic (exact) mass is 262 g/mol. The Morgan fingerprint density at radius 1 is 1.35 bits per heavy atom. The molecular weight excluding hydrogens is 244 g/mol. The first-order chi connectivity index (χ1) is 7.97. The molecular formula is C10H18N2O4S. The van der Waals surface area contributed by atoms with E-state index < -0.39 is 15.3 Å². The van der Waals surface area contributed by atoms with Gasteiger partial charge in [0.25, 0.3) is 0 Å². The lowest BCUT2D eigenvalue weighted by molar-refractivity contribution is -0.128. The molecule has 6 nitrogen and oxygen atoms in total. The van der Waals surface area contributed by atoms with E-state index >= 15 is 0 Å². The highest BCUT2D eigenvalue weighted by molar-refractivity contribution is 7.89. The molecule has 0 aromatic rings. The number of carbonyl (C=O) groups excluding carboxylic acids is 1. The Kier molecular flexibility index (Phi) is 3.70. The van der Waals surface area contributed by atoms with Gasteiger partial charge in [0.2, 0.25) is 15.9 Å². The summed E-state index contributed by atoms with van der Waals surface area (Å²) >= 11 is 0. The van der Waals surface area contributed by atoms with Gasteiger partial charge in [0.1, 0.15) is 5.25 Å². The van der Waals surface area contributed by atoms with Crippen LogP contribution >= 0.6 is 0 Å². The summed E-state index contributed by atoms with van der Waals surface area (Å²) in [4.78, 5) is 13.3. The van der Waals surface area contributed by atoms with E-state index in [9.17, 15) is 13.2 Å². The molecule has 2 rings (SSSR count). The Bertz CT molecular complexity index is 389. The second kappa shape index (κ2) is 4.91. The van der Waals surface area contributed by atoms with E-state index in [2.05, 4.69) is 0 Å². The molecule has 0 aliphatic carbocycles. The third kappa shape index (κ3) is 3.17. The summed E-state index contributed by atoms with van der Waals surface area (Å²) in [7, 11) is -3.60. The number of sulfonamides is 1. The molecule has 0 aromatic carbocycles. The number of hydrogen-bond donors (Lipinski definition) is 1. The predicted molar refractivity (Wildman–Crippen MR) is 61.6 cm³/mol. The van der Waals surface area contributed by atoms with E-state index in [1.807, 2.05) is 0 Å². The standard InChI is InChI=1S/C10H18N2O4S/c11-17(14,15)9-5-10(13)12(7-9)6-8-1-3-16-4-2-8/h8-9H,1-7H2,(H2,11,14,15). The Hall–Kier alpha value is -0.660. The molecule has 0 spiro atoms.